The van der Waals surface area contributed by atoms with Crippen molar-refractivity contribution in [2.24, 2.45) is 5.92 Å². The van der Waals surface area contributed by atoms with E-state index in [2.05, 4.69) is 4.89 Å². The van der Waals surface area contributed by atoms with Gasteiger partial charge in [-0.3, -0.25) is 4.89 Å². The van der Waals surface area contributed by atoms with E-state index in [-0.39, 0.29) is 18.0 Å². The van der Waals surface area contributed by atoms with E-state index < -0.39 is 0 Å². The maximum atomic E-state index is 11.2. The lowest BCUT2D eigenvalue weighted by Gasteiger charge is -2.11. The van der Waals surface area contributed by atoms with Crippen molar-refractivity contribution in [2.75, 3.05) is 0 Å². The lowest BCUT2D eigenvalue weighted by Crippen LogP contribution is -2.18. The lowest BCUT2D eigenvalue weighted by atomic mass is 10.0. The van der Waals surface area contributed by atoms with E-state index in [1.54, 1.807) is 0 Å². The average molecular weight is 174 g/mol. The molecule has 0 aromatic heterocycles. The number of hydrogen-bond donors (Lipinski definition) is 0. The molecule has 0 saturated heterocycles. The van der Waals surface area contributed by atoms with E-state index in [9.17, 15) is 4.79 Å². The summed E-state index contributed by atoms with van der Waals surface area (Å²) in [6.45, 7) is 7.57. The highest BCUT2D eigenvalue weighted by atomic mass is 17.2. The zero-order chi connectivity index (χ0) is 9.56. The Balaban J connectivity index is 3.69. The van der Waals surface area contributed by atoms with Gasteiger partial charge >= 0.3 is 5.97 Å². The summed E-state index contributed by atoms with van der Waals surface area (Å²) in [5, 5.41) is 0. The molecule has 0 radical (unpaired) electrons. The molecule has 0 aromatic rings. The van der Waals surface area contributed by atoms with Crippen LogP contribution < -0.4 is 0 Å². The van der Waals surface area contributed by atoms with E-state index in [4.69, 9.17) is 4.89 Å². The first kappa shape index (κ1) is 11.4. The van der Waals surface area contributed by atoms with Gasteiger partial charge in [0, 0.05) is 0 Å². The molecule has 0 aromatic carbocycles. The molecule has 0 atom stereocenters. The van der Waals surface area contributed by atoms with Crippen LogP contribution in [-0.4, -0.2) is 12.1 Å². The molecule has 0 spiro atoms. The summed E-state index contributed by atoms with van der Waals surface area (Å²) in [5.74, 6) is -0.280. The fourth-order valence-electron chi connectivity index (χ4n) is 0.834. The molecular formula is C9H18O3. The molecule has 3 nitrogen and oxygen atoms in total. The largest absolute Gasteiger partial charge is 0.345 e. The molecule has 0 bridgehead atoms. The summed E-state index contributed by atoms with van der Waals surface area (Å²) in [7, 11) is 0. The van der Waals surface area contributed by atoms with E-state index in [0.29, 0.717) is 0 Å². The molecule has 0 fully saturated rings. The first-order valence-corrected chi connectivity index (χ1v) is 4.48. The Hall–Kier alpha value is -0.570. The van der Waals surface area contributed by atoms with Crippen molar-refractivity contribution in [1.29, 1.82) is 0 Å². The highest BCUT2D eigenvalue weighted by Crippen LogP contribution is 2.10. The predicted molar refractivity (Wildman–Crippen MR) is 46.4 cm³/mol. The zero-order valence-corrected chi connectivity index (χ0v) is 8.29. The van der Waals surface area contributed by atoms with Gasteiger partial charge in [-0.25, -0.2) is 4.79 Å². The third kappa shape index (κ3) is 4.34. The van der Waals surface area contributed by atoms with Gasteiger partial charge in [-0.05, 0) is 26.7 Å². The second-order valence-corrected chi connectivity index (χ2v) is 3.06. The van der Waals surface area contributed by atoms with E-state index in [1.165, 1.54) is 0 Å². The van der Waals surface area contributed by atoms with Gasteiger partial charge in [0.15, 0.2) is 0 Å². The molecule has 0 saturated carbocycles. The average Bonchev–Trinajstić information content (AvgIpc) is 2.03. The number of hydrogen-bond acceptors (Lipinski definition) is 3. The van der Waals surface area contributed by atoms with Crippen molar-refractivity contribution in [3.8, 4) is 0 Å². The molecular weight excluding hydrogens is 156 g/mol. The minimum atomic E-state index is -0.256. The van der Waals surface area contributed by atoms with Crippen LogP contribution in [0.25, 0.3) is 0 Å². The first-order chi connectivity index (χ1) is 5.61. The smallest absolute Gasteiger partial charge is 0.298 e. The van der Waals surface area contributed by atoms with E-state index in [1.807, 2.05) is 27.7 Å². The Morgan fingerprint density at radius 2 is 1.75 bits per heavy atom. The van der Waals surface area contributed by atoms with Crippen LogP contribution in [0.2, 0.25) is 0 Å². The summed E-state index contributed by atoms with van der Waals surface area (Å²) < 4.78 is 0. The maximum absolute atomic E-state index is 11.2. The number of rotatable bonds is 5. The molecule has 72 valence electrons. The van der Waals surface area contributed by atoms with Gasteiger partial charge < -0.3 is 0 Å². The van der Waals surface area contributed by atoms with E-state index >= 15 is 0 Å². The third-order valence-electron chi connectivity index (χ3n) is 1.64. The van der Waals surface area contributed by atoms with Crippen molar-refractivity contribution in [3.63, 3.8) is 0 Å². The molecule has 0 aliphatic carbocycles. The Morgan fingerprint density at radius 1 is 1.25 bits per heavy atom. The van der Waals surface area contributed by atoms with Crippen LogP contribution in [0.4, 0.5) is 0 Å². The van der Waals surface area contributed by atoms with Crippen molar-refractivity contribution >= 4 is 5.97 Å². The van der Waals surface area contributed by atoms with Crippen LogP contribution in [0.1, 0.15) is 40.5 Å². The normalized spacial score (nSPS) is 10.8. The Labute approximate surface area is 74.0 Å². The van der Waals surface area contributed by atoms with Gasteiger partial charge in [0.1, 0.15) is 0 Å². The van der Waals surface area contributed by atoms with Gasteiger partial charge in [-0.1, -0.05) is 13.8 Å². The topological polar surface area (TPSA) is 35.5 Å². The maximum Gasteiger partial charge on any atom is 0.345 e. The zero-order valence-electron chi connectivity index (χ0n) is 8.29. The minimum Gasteiger partial charge on any atom is -0.298 e. The van der Waals surface area contributed by atoms with Crippen LogP contribution in [0.15, 0.2) is 0 Å². The van der Waals surface area contributed by atoms with Crippen molar-refractivity contribution in [1.82, 2.24) is 0 Å². The highest BCUT2D eigenvalue weighted by Gasteiger charge is 2.16. The summed E-state index contributed by atoms with van der Waals surface area (Å²) in [5.41, 5.74) is 0. The van der Waals surface area contributed by atoms with E-state index in [0.717, 1.165) is 12.8 Å². The molecule has 12 heavy (non-hydrogen) atoms. The molecule has 0 amide bonds. The van der Waals surface area contributed by atoms with Gasteiger partial charge in [0.2, 0.25) is 0 Å². The minimum absolute atomic E-state index is 0.0243. The number of carbonyl (C=O) groups excluding carboxylic acids is 1. The van der Waals surface area contributed by atoms with Gasteiger partial charge in [0.05, 0.1) is 12.0 Å². The fourth-order valence-corrected chi connectivity index (χ4v) is 0.834. The molecule has 0 unspecified atom stereocenters. The Kier molecular flexibility index (Phi) is 5.72. The molecule has 3 heteroatoms. The highest BCUT2D eigenvalue weighted by molar-refractivity contribution is 5.71. The Bertz CT molecular complexity index is 128. The summed E-state index contributed by atoms with van der Waals surface area (Å²) in [4.78, 5) is 20.5. The fraction of sp³-hybridized carbons (Fsp3) is 0.889. The van der Waals surface area contributed by atoms with Crippen LogP contribution in [0.3, 0.4) is 0 Å². The predicted octanol–water partition coefficient (Wildman–Crippen LogP) is 2.31. The standard InChI is InChI=1S/C9H18O3/c1-5-8(6-2)9(10)12-11-7(3)4/h7-8H,5-6H2,1-4H3. The molecule has 0 aliphatic heterocycles. The van der Waals surface area contributed by atoms with Crippen LogP contribution >= 0.6 is 0 Å². The summed E-state index contributed by atoms with van der Waals surface area (Å²) in [6.07, 6.45) is 1.54. The Morgan fingerprint density at radius 3 is 2.08 bits per heavy atom. The van der Waals surface area contributed by atoms with Crippen molar-refractivity contribution < 1.29 is 14.6 Å². The van der Waals surface area contributed by atoms with Gasteiger partial charge in [-0.2, -0.15) is 4.89 Å². The number of carbonyl (C=O) groups is 1. The van der Waals surface area contributed by atoms with Crippen molar-refractivity contribution in [2.45, 2.75) is 46.6 Å². The third-order valence-corrected chi connectivity index (χ3v) is 1.64. The molecule has 0 N–H and O–H groups in total. The second kappa shape index (κ2) is 6.00. The summed E-state index contributed by atoms with van der Waals surface area (Å²) >= 11 is 0. The molecule has 0 heterocycles. The molecule has 0 rings (SSSR count). The van der Waals surface area contributed by atoms with Crippen LogP contribution in [-0.2, 0) is 14.6 Å². The van der Waals surface area contributed by atoms with Gasteiger partial charge in [0.25, 0.3) is 0 Å². The van der Waals surface area contributed by atoms with Crippen LogP contribution in [0.5, 0.6) is 0 Å². The first-order valence-electron chi connectivity index (χ1n) is 4.48. The summed E-state index contributed by atoms with van der Waals surface area (Å²) in [6, 6.07) is 0. The lowest BCUT2D eigenvalue weighted by molar-refractivity contribution is -0.294. The SMILES string of the molecule is CCC(CC)C(=O)OOC(C)C. The quantitative estimate of drug-likeness (QED) is 0.474. The second-order valence-electron chi connectivity index (χ2n) is 3.06. The molecule has 0 aliphatic rings. The van der Waals surface area contributed by atoms with Crippen LogP contribution in [0, 0.1) is 5.92 Å². The monoisotopic (exact) mass is 174 g/mol. The van der Waals surface area contributed by atoms with Gasteiger partial charge in [-0.15, -0.1) is 0 Å². The van der Waals surface area contributed by atoms with Crippen molar-refractivity contribution in [3.05, 3.63) is 0 Å².